The van der Waals surface area contributed by atoms with E-state index in [1.54, 1.807) is 0 Å². The van der Waals surface area contributed by atoms with Crippen molar-refractivity contribution in [1.82, 2.24) is 0 Å². The second-order valence-electron chi connectivity index (χ2n) is 5.85. The second-order valence-corrected chi connectivity index (χ2v) is 5.85. The van der Waals surface area contributed by atoms with E-state index in [2.05, 4.69) is 56.3 Å². The fraction of sp³-hybridized carbons (Fsp3) is 0.263. The summed E-state index contributed by atoms with van der Waals surface area (Å²) < 4.78 is 6.11. The summed E-state index contributed by atoms with van der Waals surface area (Å²) in [6.45, 7) is 4.89. The number of hydrogen-bond acceptors (Lipinski definition) is 2. The van der Waals surface area contributed by atoms with Crippen LogP contribution in [0.25, 0.3) is 22.1 Å². The summed E-state index contributed by atoms with van der Waals surface area (Å²) in [4.78, 5) is 0. The molecule has 0 atom stereocenters. The lowest BCUT2D eigenvalue weighted by Gasteiger charge is -2.05. The molecule has 2 nitrogen and oxygen atoms in total. The van der Waals surface area contributed by atoms with Gasteiger partial charge in [0.05, 0.1) is 6.54 Å². The molecule has 0 aliphatic rings. The Hall–Kier alpha value is -2.06. The van der Waals surface area contributed by atoms with Gasteiger partial charge in [0, 0.05) is 16.5 Å². The van der Waals surface area contributed by atoms with E-state index in [1.165, 1.54) is 16.5 Å². The SMILES string of the molecule is CC(C)Cc1c(CN)oc2c(-c3ccccc3)cccc12. The minimum absolute atomic E-state index is 0.449. The summed E-state index contributed by atoms with van der Waals surface area (Å²) in [5.74, 6) is 1.50. The van der Waals surface area contributed by atoms with Crippen LogP contribution in [0.3, 0.4) is 0 Å². The minimum Gasteiger partial charge on any atom is -0.459 e. The van der Waals surface area contributed by atoms with Crippen molar-refractivity contribution in [2.75, 3.05) is 0 Å². The van der Waals surface area contributed by atoms with Crippen LogP contribution in [0.2, 0.25) is 0 Å². The quantitative estimate of drug-likeness (QED) is 0.748. The Balaban J connectivity index is 2.23. The summed E-state index contributed by atoms with van der Waals surface area (Å²) in [6.07, 6.45) is 0.998. The predicted molar refractivity (Wildman–Crippen MR) is 88.1 cm³/mol. The fourth-order valence-corrected chi connectivity index (χ4v) is 2.86. The molecule has 2 aromatic carbocycles. The molecule has 1 heterocycles. The van der Waals surface area contributed by atoms with E-state index in [4.69, 9.17) is 10.2 Å². The van der Waals surface area contributed by atoms with Crippen LogP contribution in [-0.4, -0.2) is 0 Å². The van der Waals surface area contributed by atoms with Crippen LogP contribution in [0.5, 0.6) is 0 Å². The van der Waals surface area contributed by atoms with Gasteiger partial charge in [-0.05, 0) is 17.9 Å². The summed E-state index contributed by atoms with van der Waals surface area (Å²) in [6, 6.07) is 16.7. The molecular weight excluding hydrogens is 258 g/mol. The van der Waals surface area contributed by atoms with Gasteiger partial charge in [-0.15, -0.1) is 0 Å². The van der Waals surface area contributed by atoms with Crippen molar-refractivity contribution < 1.29 is 4.42 Å². The van der Waals surface area contributed by atoms with Gasteiger partial charge in [0.1, 0.15) is 11.3 Å². The zero-order chi connectivity index (χ0) is 14.8. The molecule has 0 spiro atoms. The van der Waals surface area contributed by atoms with Crippen molar-refractivity contribution in [3.63, 3.8) is 0 Å². The largest absolute Gasteiger partial charge is 0.459 e. The topological polar surface area (TPSA) is 39.2 Å². The molecule has 0 amide bonds. The molecule has 3 rings (SSSR count). The number of rotatable bonds is 4. The summed E-state index contributed by atoms with van der Waals surface area (Å²) >= 11 is 0. The number of fused-ring (bicyclic) bond motifs is 1. The van der Waals surface area contributed by atoms with E-state index in [0.717, 1.165) is 23.3 Å². The Bertz CT molecular complexity index is 741. The van der Waals surface area contributed by atoms with E-state index in [9.17, 15) is 0 Å². The highest BCUT2D eigenvalue weighted by molar-refractivity contribution is 5.95. The Labute approximate surface area is 125 Å². The van der Waals surface area contributed by atoms with E-state index in [1.807, 2.05) is 6.07 Å². The lowest BCUT2D eigenvalue weighted by molar-refractivity contribution is 0.536. The molecule has 2 heteroatoms. The maximum absolute atomic E-state index is 6.11. The zero-order valence-corrected chi connectivity index (χ0v) is 12.6. The lowest BCUT2D eigenvalue weighted by atomic mass is 9.97. The normalized spacial score (nSPS) is 11.4. The van der Waals surface area contributed by atoms with Crippen LogP contribution >= 0.6 is 0 Å². The number of furan rings is 1. The third-order valence-corrected chi connectivity index (χ3v) is 3.78. The van der Waals surface area contributed by atoms with Crippen LogP contribution < -0.4 is 5.73 Å². The molecule has 0 fully saturated rings. The molecule has 0 saturated heterocycles. The van der Waals surface area contributed by atoms with Gasteiger partial charge in [0.2, 0.25) is 0 Å². The van der Waals surface area contributed by atoms with Crippen LogP contribution in [0.1, 0.15) is 25.2 Å². The van der Waals surface area contributed by atoms with Gasteiger partial charge in [-0.25, -0.2) is 0 Å². The van der Waals surface area contributed by atoms with E-state index in [0.29, 0.717) is 12.5 Å². The van der Waals surface area contributed by atoms with Crippen LogP contribution in [0.15, 0.2) is 52.9 Å². The molecule has 3 aromatic rings. The number of nitrogens with two attached hydrogens (primary N) is 1. The average Bonchev–Trinajstić information content (AvgIpc) is 2.85. The van der Waals surface area contributed by atoms with Gasteiger partial charge in [0.25, 0.3) is 0 Å². The van der Waals surface area contributed by atoms with Gasteiger partial charge in [-0.1, -0.05) is 62.4 Å². The Morgan fingerprint density at radius 2 is 1.76 bits per heavy atom. The van der Waals surface area contributed by atoms with Crippen molar-refractivity contribution in [2.45, 2.75) is 26.8 Å². The molecule has 0 bridgehead atoms. The first-order valence-electron chi connectivity index (χ1n) is 7.49. The van der Waals surface area contributed by atoms with Crippen molar-refractivity contribution >= 4 is 11.0 Å². The highest BCUT2D eigenvalue weighted by Crippen LogP contribution is 2.35. The molecule has 21 heavy (non-hydrogen) atoms. The predicted octanol–water partition coefficient (Wildman–Crippen LogP) is 4.76. The second kappa shape index (κ2) is 5.74. The van der Waals surface area contributed by atoms with Gasteiger partial charge >= 0.3 is 0 Å². The zero-order valence-electron chi connectivity index (χ0n) is 12.6. The molecule has 108 valence electrons. The van der Waals surface area contributed by atoms with E-state index in [-0.39, 0.29) is 0 Å². The maximum Gasteiger partial charge on any atom is 0.142 e. The number of para-hydroxylation sites is 1. The molecule has 2 N–H and O–H groups in total. The monoisotopic (exact) mass is 279 g/mol. The third kappa shape index (κ3) is 2.59. The van der Waals surface area contributed by atoms with Crippen molar-refractivity contribution in [3.05, 3.63) is 59.9 Å². The van der Waals surface area contributed by atoms with Crippen molar-refractivity contribution in [3.8, 4) is 11.1 Å². The van der Waals surface area contributed by atoms with Crippen LogP contribution in [0.4, 0.5) is 0 Å². The third-order valence-electron chi connectivity index (χ3n) is 3.78. The van der Waals surface area contributed by atoms with E-state index >= 15 is 0 Å². The lowest BCUT2D eigenvalue weighted by Crippen LogP contribution is -2.01. The molecule has 0 aliphatic heterocycles. The van der Waals surface area contributed by atoms with Gasteiger partial charge in [-0.2, -0.15) is 0 Å². The Kier molecular flexibility index (Phi) is 3.80. The fourth-order valence-electron chi connectivity index (χ4n) is 2.86. The molecule has 0 aliphatic carbocycles. The highest BCUT2D eigenvalue weighted by atomic mass is 16.3. The summed E-state index contributed by atoms with van der Waals surface area (Å²) in [7, 11) is 0. The Morgan fingerprint density at radius 1 is 1.00 bits per heavy atom. The molecule has 0 unspecified atom stereocenters. The number of benzene rings is 2. The molecule has 0 saturated carbocycles. The Morgan fingerprint density at radius 3 is 2.43 bits per heavy atom. The molecule has 1 aromatic heterocycles. The summed E-state index contributed by atoms with van der Waals surface area (Å²) in [5, 5.41) is 1.20. The van der Waals surface area contributed by atoms with Crippen LogP contribution in [0, 0.1) is 5.92 Å². The summed E-state index contributed by atoms with van der Waals surface area (Å²) in [5.41, 5.74) is 10.4. The molecular formula is C19H21NO. The first-order chi connectivity index (χ1) is 10.2. The van der Waals surface area contributed by atoms with Crippen molar-refractivity contribution in [2.24, 2.45) is 11.7 Å². The molecule has 0 radical (unpaired) electrons. The van der Waals surface area contributed by atoms with Crippen LogP contribution in [-0.2, 0) is 13.0 Å². The number of hydrogen-bond donors (Lipinski definition) is 1. The average molecular weight is 279 g/mol. The maximum atomic E-state index is 6.11. The van der Waals surface area contributed by atoms with Gasteiger partial charge in [0.15, 0.2) is 0 Å². The first kappa shape index (κ1) is 13.9. The smallest absolute Gasteiger partial charge is 0.142 e. The standard InChI is InChI=1S/C19H21NO/c1-13(2)11-17-16-10-6-9-15(14-7-4-3-5-8-14)19(16)21-18(17)12-20/h3-10,13H,11-12,20H2,1-2H3. The van der Waals surface area contributed by atoms with E-state index < -0.39 is 0 Å². The van der Waals surface area contributed by atoms with Crippen molar-refractivity contribution in [1.29, 1.82) is 0 Å². The minimum atomic E-state index is 0.449. The first-order valence-corrected chi connectivity index (χ1v) is 7.49. The van der Waals surface area contributed by atoms with Gasteiger partial charge in [-0.3, -0.25) is 0 Å². The van der Waals surface area contributed by atoms with Gasteiger partial charge < -0.3 is 10.2 Å². The highest BCUT2D eigenvalue weighted by Gasteiger charge is 2.17.